The van der Waals surface area contributed by atoms with E-state index >= 15 is 0 Å². The molecule has 3 rings (SSSR count). The Hall–Kier alpha value is -2.04. The molecule has 0 aliphatic carbocycles. The van der Waals surface area contributed by atoms with Gasteiger partial charge in [-0.1, -0.05) is 6.07 Å². The highest BCUT2D eigenvalue weighted by molar-refractivity contribution is 5.76. The number of nitrogens with zero attached hydrogens (tertiary/aromatic N) is 3. The number of anilines is 1. The molecule has 2 aliphatic heterocycles. The van der Waals surface area contributed by atoms with Gasteiger partial charge in [0, 0.05) is 51.1 Å². The Bertz CT molecular complexity index is 723. The van der Waals surface area contributed by atoms with Crippen LogP contribution in [0.2, 0.25) is 0 Å². The topological polar surface area (TPSA) is 48.5 Å². The van der Waals surface area contributed by atoms with Crippen LogP contribution in [-0.4, -0.2) is 65.1 Å². The van der Waals surface area contributed by atoms with Gasteiger partial charge in [0.1, 0.15) is 11.5 Å². The smallest absolute Gasteiger partial charge is 0.366 e. The first-order valence-electron chi connectivity index (χ1n) is 9.40. The number of carbonyl (C=O) groups is 1. The fourth-order valence-electron chi connectivity index (χ4n) is 3.85. The number of alkyl halides is 6. The summed E-state index contributed by atoms with van der Waals surface area (Å²) in [7, 11) is 0. The number of fused-ring (bicyclic) bond motifs is 1. The number of nitrogens with one attached hydrogen (secondary N) is 1. The Balaban J connectivity index is 1.51. The molecule has 1 amide bonds. The quantitative estimate of drug-likeness (QED) is 0.735. The number of amides is 1. The number of hydrogen-bond acceptors (Lipinski definition) is 4. The zero-order valence-corrected chi connectivity index (χ0v) is 15.6. The molecule has 1 aromatic heterocycles. The van der Waals surface area contributed by atoms with Crippen LogP contribution in [-0.2, 0) is 11.0 Å². The molecule has 5 nitrogen and oxygen atoms in total. The molecule has 0 aromatic carbocycles. The lowest BCUT2D eigenvalue weighted by Crippen LogP contribution is -2.52. The summed E-state index contributed by atoms with van der Waals surface area (Å²) in [5.74, 6) is -0.144. The highest BCUT2D eigenvalue weighted by Gasteiger charge is 2.38. The van der Waals surface area contributed by atoms with E-state index in [1.165, 1.54) is 12.1 Å². The Morgan fingerprint density at radius 2 is 1.90 bits per heavy atom. The molecule has 2 atom stereocenters. The van der Waals surface area contributed by atoms with E-state index in [1.807, 2.05) is 0 Å². The van der Waals surface area contributed by atoms with Gasteiger partial charge in [-0.2, -0.15) is 26.3 Å². The minimum atomic E-state index is -4.52. The maximum atomic E-state index is 12.8. The van der Waals surface area contributed by atoms with E-state index in [2.05, 4.69) is 15.2 Å². The molecule has 0 saturated carbocycles. The Kier molecular flexibility index (Phi) is 6.25. The maximum absolute atomic E-state index is 12.8. The summed E-state index contributed by atoms with van der Waals surface area (Å²) in [6.07, 6.45) is -9.50. The van der Waals surface area contributed by atoms with Crippen molar-refractivity contribution in [3.05, 3.63) is 23.9 Å². The van der Waals surface area contributed by atoms with Crippen molar-refractivity contribution in [3.63, 3.8) is 0 Å². The molecular weight excluding hydrogens is 402 g/mol. The summed E-state index contributed by atoms with van der Waals surface area (Å²) >= 11 is 0. The molecule has 29 heavy (non-hydrogen) atoms. The average molecular weight is 424 g/mol. The van der Waals surface area contributed by atoms with Crippen LogP contribution in [0.3, 0.4) is 0 Å². The van der Waals surface area contributed by atoms with Crippen molar-refractivity contribution in [2.45, 2.75) is 50.1 Å². The molecule has 0 unspecified atom stereocenters. The molecule has 0 bridgehead atoms. The van der Waals surface area contributed by atoms with Crippen molar-refractivity contribution in [2.24, 2.45) is 0 Å². The van der Waals surface area contributed by atoms with Crippen molar-refractivity contribution in [1.29, 1.82) is 0 Å². The van der Waals surface area contributed by atoms with Gasteiger partial charge in [0.25, 0.3) is 0 Å². The molecule has 1 aromatic rings. The first kappa shape index (κ1) is 21.7. The summed E-state index contributed by atoms with van der Waals surface area (Å²) in [6, 6.07) is 3.59. The van der Waals surface area contributed by atoms with Gasteiger partial charge >= 0.3 is 12.4 Å². The normalized spacial score (nSPS) is 23.2. The molecule has 2 saturated heterocycles. The highest BCUT2D eigenvalue weighted by atomic mass is 19.4. The first-order valence-corrected chi connectivity index (χ1v) is 9.40. The molecule has 0 spiro atoms. The lowest BCUT2D eigenvalue weighted by atomic mass is 10.1. The third-order valence-electron chi connectivity index (χ3n) is 5.21. The Labute approximate surface area is 164 Å². The van der Waals surface area contributed by atoms with E-state index in [1.54, 1.807) is 4.90 Å². The van der Waals surface area contributed by atoms with Gasteiger partial charge in [-0.15, -0.1) is 0 Å². The number of halogens is 6. The molecule has 1 N–H and O–H groups in total. The third-order valence-corrected chi connectivity index (χ3v) is 5.21. The number of rotatable bonds is 5. The lowest BCUT2D eigenvalue weighted by molar-refractivity contribution is -0.142. The van der Waals surface area contributed by atoms with Gasteiger partial charge in [-0.3, -0.25) is 9.69 Å². The Morgan fingerprint density at radius 3 is 2.59 bits per heavy atom. The van der Waals surface area contributed by atoms with Gasteiger partial charge in [-0.05, 0) is 25.0 Å². The fraction of sp³-hybridized carbons (Fsp3) is 0.667. The minimum Gasteiger partial charge on any atom is -0.366 e. The first-order chi connectivity index (χ1) is 13.5. The van der Waals surface area contributed by atoms with Crippen molar-refractivity contribution >= 4 is 11.7 Å². The van der Waals surface area contributed by atoms with E-state index in [-0.39, 0.29) is 36.7 Å². The SMILES string of the molecule is O=C(CCCC(F)(F)F)N1CCN2C[C@@H](Nc3cccc(C(F)(F)F)n3)C[C@H]2C1. The number of carbonyl (C=O) groups excluding carboxylic acids is 1. The van der Waals surface area contributed by atoms with Crippen LogP contribution in [0.1, 0.15) is 31.4 Å². The van der Waals surface area contributed by atoms with E-state index in [0.29, 0.717) is 32.6 Å². The van der Waals surface area contributed by atoms with Crippen LogP contribution in [0, 0.1) is 0 Å². The summed E-state index contributed by atoms with van der Waals surface area (Å²) in [5.41, 5.74) is -0.964. The zero-order chi connectivity index (χ0) is 21.2. The average Bonchev–Trinajstić information content (AvgIpc) is 3.01. The fourth-order valence-corrected chi connectivity index (χ4v) is 3.85. The zero-order valence-electron chi connectivity index (χ0n) is 15.6. The van der Waals surface area contributed by atoms with Crippen LogP contribution in [0.15, 0.2) is 18.2 Å². The van der Waals surface area contributed by atoms with Gasteiger partial charge in [0.2, 0.25) is 5.91 Å². The summed E-state index contributed by atoms with van der Waals surface area (Å²) in [4.78, 5) is 19.5. The van der Waals surface area contributed by atoms with Crippen LogP contribution < -0.4 is 5.32 Å². The third kappa shape index (κ3) is 5.97. The van der Waals surface area contributed by atoms with Crippen LogP contribution in [0.5, 0.6) is 0 Å². The minimum absolute atomic E-state index is 0.0265. The van der Waals surface area contributed by atoms with E-state index in [0.717, 1.165) is 6.07 Å². The van der Waals surface area contributed by atoms with Crippen molar-refractivity contribution in [2.75, 3.05) is 31.5 Å². The van der Waals surface area contributed by atoms with Gasteiger partial charge in [-0.25, -0.2) is 4.98 Å². The van der Waals surface area contributed by atoms with E-state index in [9.17, 15) is 31.1 Å². The molecule has 11 heteroatoms. The van der Waals surface area contributed by atoms with Crippen molar-refractivity contribution in [1.82, 2.24) is 14.8 Å². The maximum Gasteiger partial charge on any atom is 0.433 e. The van der Waals surface area contributed by atoms with Crippen molar-refractivity contribution < 1.29 is 31.1 Å². The second kappa shape index (κ2) is 8.37. The van der Waals surface area contributed by atoms with Gasteiger partial charge < -0.3 is 10.2 Å². The monoisotopic (exact) mass is 424 g/mol. The highest BCUT2D eigenvalue weighted by Crippen LogP contribution is 2.30. The lowest BCUT2D eigenvalue weighted by Gasteiger charge is -2.37. The van der Waals surface area contributed by atoms with E-state index in [4.69, 9.17) is 0 Å². The number of hydrogen-bond donors (Lipinski definition) is 1. The molecule has 0 radical (unpaired) electrons. The molecular formula is C18H22F6N4O. The number of aromatic nitrogens is 1. The second-order valence-corrected chi connectivity index (χ2v) is 7.44. The summed E-state index contributed by atoms with van der Waals surface area (Å²) in [6.45, 7) is 2.05. The van der Waals surface area contributed by atoms with Crippen molar-refractivity contribution in [3.8, 4) is 0 Å². The standard InChI is InChI=1S/C18H22F6N4O/c19-17(20,21)6-2-5-16(29)28-8-7-27-10-12(9-13(27)11-28)25-15-4-1-3-14(26-15)18(22,23)24/h1,3-4,12-13H,2,5-11H2,(H,25,26)/t12-,13-/m0/s1. The summed E-state index contributed by atoms with van der Waals surface area (Å²) in [5, 5.41) is 3.02. The molecule has 2 aliphatic rings. The predicted molar refractivity (Wildman–Crippen MR) is 93.1 cm³/mol. The summed E-state index contributed by atoms with van der Waals surface area (Å²) < 4.78 is 75.1. The van der Waals surface area contributed by atoms with Gasteiger partial charge in [0.05, 0.1) is 0 Å². The molecule has 2 fully saturated rings. The number of piperazine rings is 1. The second-order valence-electron chi connectivity index (χ2n) is 7.44. The largest absolute Gasteiger partial charge is 0.433 e. The van der Waals surface area contributed by atoms with Crippen LogP contribution >= 0.6 is 0 Å². The molecule has 3 heterocycles. The van der Waals surface area contributed by atoms with Crippen LogP contribution in [0.25, 0.3) is 0 Å². The van der Waals surface area contributed by atoms with E-state index < -0.39 is 24.5 Å². The Morgan fingerprint density at radius 1 is 1.14 bits per heavy atom. The predicted octanol–water partition coefficient (Wildman–Crippen LogP) is 3.53. The van der Waals surface area contributed by atoms with Crippen LogP contribution in [0.4, 0.5) is 32.2 Å². The van der Waals surface area contributed by atoms with Gasteiger partial charge in [0.15, 0.2) is 0 Å². The number of pyridine rings is 1. The molecule has 162 valence electrons.